The molecule has 1 saturated heterocycles. The van der Waals surface area contributed by atoms with Crippen LogP contribution in [0.1, 0.15) is 44.9 Å². The SMILES string of the molecule is CC(C)C(CN1CC(C)(C)c2cc(F)ccc21)NC(=O)OC(C(=O)N1CCOCC1)c1ccccc1. The largest absolute Gasteiger partial charge is 0.431 e. The van der Waals surface area contributed by atoms with Gasteiger partial charge in [0.05, 0.1) is 19.3 Å². The Labute approximate surface area is 212 Å². The number of halogens is 1. The highest BCUT2D eigenvalue weighted by atomic mass is 19.1. The second-order valence-corrected chi connectivity index (χ2v) is 10.6. The smallest absolute Gasteiger partial charge is 0.408 e. The topological polar surface area (TPSA) is 71.1 Å². The van der Waals surface area contributed by atoms with E-state index in [0.29, 0.717) is 45.0 Å². The summed E-state index contributed by atoms with van der Waals surface area (Å²) in [6, 6.07) is 13.7. The van der Waals surface area contributed by atoms with E-state index in [1.807, 2.05) is 38.1 Å². The zero-order valence-electron chi connectivity index (χ0n) is 21.5. The van der Waals surface area contributed by atoms with Crippen LogP contribution in [0.15, 0.2) is 48.5 Å². The standard InChI is InChI=1S/C28H36FN3O4/c1-19(2)23(17-32-18-28(3,4)22-16-21(29)10-11-24(22)32)30-27(34)36-25(20-8-6-5-7-9-20)26(33)31-12-14-35-15-13-31/h5-11,16,19,23,25H,12-15,17-18H2,1-4H3,(H,30,34). The number of anilines is 1. The van der Waals surface area contributed by atoms with Crippen LogP contribution in [0.4, 0.5) is 14.9 Å². The number of carbonyl (C=O) groups is 2. The van der Waals surface area contributed by atoms with Gasteiger partial charge in [0.25, 0.3) is 5.91 Å². The minimum atomic E-state index is -1.04. The highest BCUT2D eigenvalue weighted by Crippen LogP contribution is 2.41. The van der Waals surface area contributed by atoms with Gasteiger partial charge in [0.2, 0.25) is 6.10 Å². The summed E-state index contributed by atoms with van der Waals surface area (Å²) < 4.78 is 25.1. The van der Waals surface area contributed by atoms with Crippen LogP contribution in [0.5, 0.6) is 0 Å². The first-order chi connectivity index (χ1) is 17.2. The van der Waals surface area contributed by atoms with Crippen molar-refractivity contribution in [1.29, 1.82) is 0 Å². The van der Waals surface area contributed by atoms with Gasteiger partial charge in [-0.25, -0.2) is 9.18 Å². The minimum Gasteiger partial charge on any atom is -0.431 e. The summed E-state index contributed by atoms with van der Waals surface area (Å²) in [6.45, 7) is 11.4. The van der Waals surface area contributed by atoms with Crippen LogP contribution < -0.4 is 10.2 Å². The third kappa shape index (κ3) is 5.81. The molecule has 2 aromatic carbocycles. The Morgan fingerprint density at radius 3 is 2.47 bits per heavy atom. The summed E-state index contributed by atoms with van der Waals surface area (Å²) >= 11 is 0. The second kappa shape index (κ2) is 10.9. The number of fused-ring (bicyclic) bond motifs is 1. The maximum absolute atomic E-state index is 13.9. The molecule has 2 aromatic rings. The fourth-order valence-electron chi connectivity index (χ4n) is 4.93. The molecule has 0 aliphatic carbocycles. The lowest BCUT2D eigenvalue weighted by molar-refractivity contribution is -0.144. The van der Waals surface area contributed by atoms with E-state index >= 15 is 0 Å². The predicted molar refractivity (Wildman–Crippen MR) is 136 cm³/mol. The van der Waals surface area contributed by atoms with Crippen LogP contribution >= 0.6 is 0 Å². The lowest BCUT2D eigenvalue weighted by Crippen LogP contribution is -2.49. The number of carbonyl (C=O) groups excluding carboxylic acids is 2. The van der Waals surface area contributed by atoms with Crippen LogP contribution in [0.25, 0.3) is 0 Å². The first-order valence-corrected chi connectivity index (χ1v) is 12.6. The van der Waals surface area contributed by atoms with E-state index < -0.39 is 12.2 Å². The average Bonchev–Trinajstić information content (AvgIpc) is 3.11. The molecule has 0 spiro atoms. The monoisotopic (exact) mass is 497 g/mol. The minimum absolute atomic E-state index is 0.107. The van der Waals surface area contributed by atoms with Crippen molar-refractivity contribution < 1.29 is 23.5 Å². The Hall–Kier alpha value is -3.13. The molecule has 0 radical (unpaired) electrons. The molecule has 194 valence electrons. The van der Waals surface area contributed by atoms with E-state index in [0.717, 1.165) is 11.3 Å². The number of nitrogens with zero attached hydrogens (tertiary/aromatic N) is 2. The van der Waals surface area contributed by atoms with Crippen molar-refractivity contribution in [2.24, 2.45) is 5.92 Å². The molecule has 0 bridgehead atoms. The van der Waals surface area contributed by atoms with E-state index in [9.17, 15) is 14.0 Å². The molecule has 2 aliphatic rings. The van der Waals surface area contributed by atoms with Gasteiger partial charge in [0, 0.05) is 42.8 Å². The zero-order valence-corrected chi connectivity index (χ0v) is 21.5. The Balaban J connectivity index is 1.48. The maximum atomic E-state index is 13.9. The number of benzene rings is 2. The fraction of sp³-hybridized carbons (Fsp3) is 0.500. The number of hydrogen-bond donors (Lipinski definition) is 1. The van der Waals surface area contributed by atoms with Crippen molar-refractivity contribution in [2.75, 3.05) is 44.3 Å². The Bertz CT molecular complexity index is 1070. The predicted octanol–water partition coefficient (Wildman–Crippen LogP) is 4.27. The van der Waals surface area contributed by atoms with E-state index in [2.05, 4.69) is 24.1 Å². The fourth-order valence-corrected chi connectivity index (χ4v) is 4.93. The van der Waals surface area contributed by atoms with Crippen molar-refractivity contribution in [3.8, 4) is 0 Å². The number of alkyl carbamates (subject to hydrolysis) is 1. The second-order valence-electron chi connectivity index (χ2n) is 10.6. The number of nitrogens with one attached hydrogen (secondary N) is 1. The first kappa shape index (κ1) is 25.9. The first-order valence-electron chi connectivity index (χ1n) is 12.6. The molecule has 7 nitrogen and oxygen atoms in total. The molecular formula is C28H36FN3O4. The van der Waals surface area contributed by atoms with Crippen molar-refractivity contribution >= 4 is 17.7 Å². The normalized spacial score (nSPS) is 18.5. The van der Waals surface area contributed by atoms with Crippen LogP contribution in [-0.2, 0) is 19.7 Å². The van der Waals surface area contributed by atoms with Gasteiger partial charge in [-0.2, -0.15) is 0 Å². The molecule has 1 N–H and O–H groups in total. The number of morpholine rings is 1. The van der Waals surface area contributed by atoms with Crippen LogP contribution in [0.2, 0.25) is 0 Å². The van der Waals surface area contributed by atoms with Crippen molar-refractivity contribution in [3.63, 3.8) is 0 Å². The molecule has 2 heterocycles. The van der Waals surface area contributed by atoms with Gasteiger partial charge in [-0.05, 0) is 29.7 Å². The molecule has 2 amide bonds. The molecule has 0 saturated carbocycles. The summed E-state index contributed by atoms with van der Waals surface area (Å²) in [6.07, 6.45) is -1.67. The molecule has 2 unspecified atom stereocenters. The van der Waals surface area contributed by atoms with Gasteiger partial charge in [-0.15, -0.1) is 0 Å². The van der Waals surface area contributed by atoms with Crippen LogP contribution in [-0.4, -0.2) is 62.3 Å². The van der Waals surface area contributed by atoms with Crippen LogP contribution in [0, 0.1) is 11.7 Å². The summed E-state index contributed by atoms with van der Waals surface area (Å²) in [5.74, 6) is -0.393. The van der Waals surface area contributed by atoms with E-state index in [4.69, 9.17) is 9.47 Å². The highest BCUT2D eigenvalue weighted by molar-refractivity contribution is 5.85. The Morgan fingerprint density at radius 1 is 1.11 bits per heavy atom. The van der Waals surface area contributed by atoms with Gasteiger partial charge in [-0.3, -0.25) is 4.79 Å². The summed E-state index contributed by atoms with van der Waals surface area (Å²) in [5.41, 5.74) is 2.37. The number of hydrogen-bond acceptors (Lipinski definition) is 5. The van der Waals surface area contributed by atoms with E-state index in [-0.39, 0.29) is 29.1 Å². The number of amides is 2. The molecular weight excluding hydrogens is 461 g/mol. The third-order valence-corrected chi connectivity index (χ3v) is 7.01. The lowest BCUT2D eigenvalue weighted by atomic mass is 9.87. The van der Waals surface area contributed by atoms with Gasteiger partial charge >= 0.3 is 6.09 Å². The van der Waals surface area contributed by atoms with Crippen molar-refractivity contribution in [1.82, 2.24) is 10.2 Å². The molecule has 36 heavy (non-hydrogen) atoms. The molecule has 0 aromatic heterocycles. The third-order valence-electron chi connectivity index (χ3n) is 7.01. The van der Waals surface area contributed by atoms with E-state index in [1.54, 1.807) is 23.1 Å². The van der Waals surface area contributed by atoms with Gasteiger partial charge in [-0.1, -0.05) is 58.0 Å². The Morgan fingerprint density at radius 2 is 1.81 bits per heavy atom. The molecule has 8 heteroatoms. The molecule has 1 fully saturated rings. The van der Waals surface area contributed by atoms with E-state index in [1.165, 1.54) is 6.07 Å². The maximum Gasteiger partial charge on any atom is 0.408 e. The lowest BCUT2D eigenvalue weighted by Gasteiger charge is -2.32. The van der Waals surface area contributed by atoms with Crippen molar-refractivity contribution in [3.05, 3.63) is 65.5 Å². The quantitative estimate of drug-likeness (QED) is 0.619. The van der Waals surface area contributed by atoms with Crippen LogP contribution in [0.3, 0.4) is 0 Å². The summed E-state index contributed by atoms with van der Waals surface area (Å²) in [5, 5.41) is 3.00. The highest BCUT2D eigenvalue weighted by Gasteiger charge is 2.37. The summed E-state index contributed by atoms with van der Waals surface area (Å²) in [4.78, 5) is 30.3. The molecule has 2 atom stereocenters. The summed E-state index contributed by atoms with van der Waals surface area (Å²) in [7, 11) is 0. The number of ether oxygens (including phenoxy) is 2. The van der Waals surface area contributed by atoms with Crippen molar-refractivity contribution in [2.45, 2.75) is 45.3 Å². The van der Waals surface area contributed by atoms with Gasteiger partial charge in [0.1, 0.15) is 5.82 Å². The van der Waals surface area contributed by atoms with Gasteiger partial charge in [0.15, 0.2) is 0 Å². The number of rotatable bonds is 7. The Kier molecular flexibility index (Phi) is 7.83. The zero-order chi connectivity index (χ0) is 25.9. The van der Waals surface area contributed by atoms with Gasteiger partial charge < -0.3 is 24.6 Å². The average molecular weight is 498 g/mol. The molecule has 4 rings (SSSR count). The molecule has 2 aliphatic heterocycles.